The molecule has 0 aliphatic rings. The van der Waals surface area contributed by atoms with Crippen LogP contribution in [0.3, 0.4) is 0 Å². The van der Waals surface area contributed by atoms with Crippen molar-refractivity contribution in [3.8, 4) is 5.69 Å². The summed E-state index contributed by atoms with van der Waals surface area (Å²) in [6, 6.07) is 3.60. The molecule has 0 saturated carbocycles. The maximum absolute atomic E-state index is 11.6. The van der Waals surface area contributed by atoms with Crippen LogP contribution in [0.1, 0.15) is 17.3 Å². The number of carbonyl (C=O) groups excluding carboxylic acids is 1. The van der Waals surface area contributed by atoms with Gasteiger partial charge >= 0.3 is 5.97 Å². The molecule has 2 heterocycles. The van der Waals surface area contributed by atoms with E-state index >= 15 is 0 Å². The van der Waals surface area contributed by atoms with Crippen LogP contribution in [0.25, 0.3) is 5.69 Å². The van der Waals surface area contributed by atoms with Gasteiger partial charge in [-0.3, -0.25) is 4.98 Å². The Morgan fingerprint density at radius 1 is 1.47 bits per heavy atom. The Morgan fingerprint density at radius 3 is 2.82 bits per heavy atom. The van der Waals surface area contributed by atoms with E-state index in [-0.39, 0.29) is 5.97 Å². The molecule has 0 spiro atoms. The molecule has 0 aliphatic heterocycles. The normalized spacial score (nSPS) is 10.2. The van der Waals surface area contributed by atoms with Crippen molar-refractivity contribution in [3.63, 3.8) is 0 Å². The summed E-state index contributed by atoms with van der Waals surface area (Å²) in [7, 11) is 0. The molecule has 0 saturated heterocycles. The van der Waals surface area contributed by atoms with Crippen LogP contribution in [0, 0.1) is 0 Å². The predicted molar refractivity (Wildman–Crippen MR) is 65.0 cm³/mol. The molecule has 0 aliphatic carbocycles. The van der Waals surface area contributed by atoms with Gasteiger partial charge in [-0.15, -0.1) is 0 Å². The smallest absolute Gasteiger partial charge is 0.342 e. The second-order valence-corrected chi connectivity index (χ2v) is 3.94. The van der Waals surface area contributed by atoms with Crippen molar-refractivity contribution in [2.45, 2.75) is 6.92 Å². The highest BCUT2D eigenvalue weighted by molar-refractivity contribution is 9.10. The van der Waals surface area contributed by atoms with Crippen molar-refractivity contribution in [3.05, 3.63) is 40.9 Å². The summed E-state index contributed by atoms with van der Waals surface area (Å²) >= 11 is 3.34. The van der Waals surface area contributed by atoms with Crippen LogP contribution in [0.5, 0.6) is 0 Å². The first-order chi connectivity index (χ1) is 8.24. The summed E-state index contributed by atoms with van der Waals surface area (Å²) in [6.07, 6.45) is 4.80. The minimum absolute atomic E-state index is 0.339. The average molecular weight is 296 g/mol. The second kappa shape index (κ2) is 5.09. The van der Waals surface area contributed by atoms with Gasteiger partial charge in [0.1, 0.15) is 10.2 Å². The van der Waals surface area contributed by atoms with Crippen molar-refractivity contribution >= 4 is 21.9 Å². The van der Waals surface area contributed by atoms with E-state index in [1.54, 1.807) is 36.1 Å². The van der Waals surface area contributed by atoms with Crippen LogP contribution in [0.4, 0.5) is 0 Å². The van der Waals surface area contributed by atoms with E-state index in [1.165, 1.54) is 6.20 Å². The van der Waals surface area contributed by atoms with E-state index in [0.29, 0.717) is 16.8 Å². The van der Waals surface area contributed by atoms with Crippen LogP contribution < -0.4 is 0 Å². The molecule has 0 unspecified atom stereocenters. The number of halogens is 1. The fourth-order valence-corrected chi connectivity index (χ4v) is 1.91. The number of esters is 1. The van der Waals surface area contributed by atoms with Gasteiger partial charge in [-0.25, -0.2) is 9.48 Å². The SMILES string of the molecule is CCOC(=O)c1cnn(-c2ccncc2)c1Br. The van der Waals surface area contributed by atoms with Gasteiger partial charge in [0.25, 0.3) is 0 Å². The molecule has 2 rings (SSSR count). The molecule has 2 aromatic heterocycles. The van der Waals surface area contributed by atoms with E-state index in [0.717, 1.165) is 5.69 Å². The lowest BCUT2D eigenvalue weighted by Gasteiger charge is -2.03. The fourth-order valence-electron chi connectivity index (χ4n) is 1.34. The summed E-state index contributed by atoms with van der Waals surface area (Å²) < 4.78 is 7.10. The number of nitrogens with zero attached hydrogens (tertiary/aromatic N) is 3. The minimum Gasteiger partial charge on any atom is -0.462 e. The van der Waals surface area contributed by atoms with Gasteiger partial charge in [0.2, 0.25) is 0 Å². The zero-order valence-electron chi connectivity index (χ0n) is 9.13. The number of pyridine rings is 1. The molecule has 6 heteroatoms. The molecule has 17 heavy (non-hydrogen) atoms. The third kappa shape index (κ3) is 2.36. The van der Waals surface area contributed by atoms with E-state index in [2.05, 4.69) is 26.0 Å². The predicted octanol–water partition coefficient (Wildman–Crippen LogP) is 2.21. The summed E-state index contributed by atoms with van der Waals surface area (Å²) in [5.74, 6) is -0.389. The molecule has 0 bridgehead atoms. The van der Waals surface area contributed by atoms with Crippen LogP contribution in [-0.2, 0) is 4.74 Å². The molecule has 0 N–H and O–H groups in total. The van der Waals surface area contributed by atoms with Gasteiger partial charge in [0.05, 0.1) is 18.5 Å². The Kier molecular flexibility index (Phi) is 3.53. The lowest BCUT2D eigenvalue weighted by atomic mass is 10.3. The van der Waals surface area contributed by atoms with E-state index in [4.69, 9.17) is 4.74 Å². The Hall–Kier alpha value is -1.69. The van der Waals surface area contributed by atoms with Gasteiger partial charge in [0, 0.05) is 12.4 Å². The van der Waals surface area contributed by atoms with Crippen LogP contribution in [-0.4, -0.2) is 27.3 Å². The van der Waals surface area contributed by atoms with Gasteiger partial charge < -0.3 is 4.74 Å². The Bertz CT molecular complexity index is 525. The highest BCUT2D eigenvalue weighted by Gasteiger charge is 2.17. The zero-order chi connectivity index (χ0) is 12.3. The number of aromatic nitrogens is 3. The van der Waals surface area contributed by atoms with Crippen molar-refractivity contribution in [2.24, 2.45) is 0 Å². The first-order valence-corrected chi connectivity index (χ1v) is 5.84. The highest BCUT2D eigenvalue weighted by Crippen LogP contribution is 2.21. The first-order valence-electron chi connectivity index (χ1n) is 5.05. The molecule has 0 aromatic carbocycles. The number of carbonyl (C=O) groups is 1. The molecular weight excluding hydrogens is 286 g/mol. The van der Waals surface area contributed by atoms with E-state index in [1.807, 2.05) is 0 Å². The minimum atomic E-state index is -0.389. The Balaban J connectivity index is 2.37. The monoisotopic (exact) mass is 295 g/mol. The first kappa shape index (κ1) is 11.8. The zero-order valence-corrected chi connectivity index (χ0v) is 10.7. The maximum Gasteiger partial charge on any atom is 0.342 e. The topological polar surface area (TPSA) is 57.0 Å². The molecule has 2 aromatic rings. The van der Waals surface area contributed by atoms with Gasteiger partial charge in [-0.2, -0.15) is 5.10 Å². The summed E-state index contributed by atoms with van der Waals surface area (Å²) in [5, 5.41) is 4.13. The third-order valence-electron chi connectivity index (χ3n) is 2.11. The molecule has 5 nitrogen and oxygen atoms in total. The van der Waals surface area contributed by atoms with Gasteiger partial charge in [-0.1, -0.05) is 0 Å². The van der Waals surface area contributed by atoms with Gasteiger partial charge in [0.15, 0.2) is 0 Å². The number of ether oxygens (including phenoxy) is 1. The lowest BCUT2D eigenvalue weighted by molar-refractivity contribution is 0.0525. The van der Waals surface area contributed by atoms with Crippen molar-refractivity contribution in [1.29, 1.82) is 0 Å². The van der Waals surface area contributed by atoms with E-state index in [9.17, 15) is 4.79 Å². The van der Waals surface area contributed by atoms with Crippen LogP contribution in [0.15, 0.2) is 35.3 Å². The van der Waals surface area contributed by atoms with Crippen LogP contribution in [0.2, 0.25) is 0 Å². The molecule has 0 fully saturated rings. The Morgan fingerprint density at radius 2 is 2.18 bits per heavy atom. The van der Waals surface area contributed by atoms with Crippen LogP contribution >= 0.6 is 15.9 Å². The largest absolute Gasteiger partial charge is 0.462 e. The van der Waals surface area contributed by atoms with Gasteiger partial charge in [-0.05, 0) is 35.0 Å². The third-order valence-corrected chi connectivity index (χ3v) is 2.88. The fraction of sp³-hybridized carbons (Fsp3) is 0.182. The molecule has 0 radical (unpaired) electrons. The highest BCUT2D eigenvalue weighted by atomic mass is 79.9. The van der Waals surface area contributed by atoms with Crippen molar-refractivity contribution < 1.29 is 9.53 Å². The number of hydrogen-bond acceptors (Lipinski definition) is 4. The molecule has 0 atom stereocenters. The average Bonchev–Trinajstić information content (AvgIpc) is 2.72. The number of rotatable bonds is 3. The summed E-state index contributed by atoms with van der Waals surface area (Å²) in [5.41, 5.74) is 1.23. The number of hydrogen-bond donors (Lipinski definition) is 0. The molecule has 0 amide bonds. The quantitative estimate of drug-likeness (QED) is 0.815. The molecular formula is C11H10BrN3O2. The summed E-state index contributed by atoms with van der Waals surface area (Å²) in [4.78, 5) is 15.5. The van der Waals surface area contributed by atoms with E-state index < -0.39 is 0 Å². The standard InChI is InChI=1S/C11H10BrN3O2/c1-2-17-11(16)9-7-14-15(10(9)12)8-3-5-13-6-4-8/h3-7H,2H2,1H3. The second-order valence-electron chi connectivity index (χ2n) is 3.19. The Labute approximate surface area is 107 Å². The van der Waals surface area contributed by atoms with Crippen molar-refractivity contribution in [1.82, 2.24) is 14.8 Å². The molecule has 88 valence electrons. The lowest BCUT2D eigenvalue weighted by Crippen LogP contribution is -2.05. The summed E-state index contributed by atoms with van der Waals surface area (Å²) in [6.45, 7) is 2.10. The van der Waals surface area contributed by atoms with Crippen molar-refractivity contribution in [2.75, 3.05) is 6.61 Å². The maximum atomic E-state index is 11.6.